The molecule has 3 heteroatoms. The molecule has 0 amide bonds. The Kier molecular flexibility index (Phi) is 2.50. The molecule has 1 aliphatic heterocycles. The lowest BCUT2D eigenvalue weighted by Crippen LogP contribution is -2.21. The van der Waals surface area contributed by atoms with E-state index in [9.17, 15) is 0 Å². The Balaban J connectivity index is 2.40. The second-order valence-corrected chi connectivity index (χ2v) is 3.44. The lowest BCUT2D eigenvalue weighted by molar-refractivity contribution is 0.0848. The zero-order valence-corrected chi connectivity index (χ0v) is 8.10. The van der Waals surface area contributed by atoms with E-state index in [1.54, 1.807) is 6.92 Å². The van der Waals surface area contributed by atoms with Crippen LogP contribution in [0.5, 0.6) is 0 Å². The van der Waals surface area contributed by atoms with E-state index in [1.807, 2.05) is 18.2 Å². The molecule has 2 rings (SSSR count). The van der Waals surface area contributed by atoms with Crippen molar-refractivity contribution in [1.82, 2.24) is 0 Å². The highest BCUT2D eigenvalue weighted by Gasteiger charge is 2.22. The van der Waals surface area contributed by atoms with E-state index in [0.29, 0.717) is 12.3 Å². The molecule has 3 nitrogen and oxygen atoms in total. The molecule has 0 spiro atoms. The van der Waals surface area contributed by atoms with Crippen LogP contribution in [0.1, 0.15) is 24.2 Å². The molecule has 1 aromatic rings. The SMILES string of the molecule is C/C(=N\O)[C@H]1OCCc2ccccc21. The molecule has 1 N–H and O–H groups in total. The van der Waals surface area contributed by atoms with E-state index in [1.165, 1.54) is 5.56 Å². The molecule has 1 aromatic carbocycles. The minimum atomic E-state index is -0.176. The number of rotatable bonds is 1. The van der Waals surface area contributed by atoms with E-state index in [2.05, 4.69) is 11.2 Å². The number of fused-ring (bicyclic) bond motifs is 1. The molecule has 0 saturated carbocycles. The van der Waals surface area contributed by atoms with Gasteiger partial charge in [-0.3, -0.25) is 0 Å². The Morgan fingerprint density at radius 2 is 2.29 bits per heavy atom. The fraction of sp³-hybridized carbons (Fsp3) is 0.364. The minimum Gasteiger partial charge on any atom is -0.411 e. The summed E-state index contributed by atoms with van der Waals surface area (Å²) in [6, 6.07) is 8.11. The van der Waals surface area contributed by atoms with Gasteiger partial charge in [0.2, 0.25) is 0 Å². The molecule has 1 atom stereocenters. The summed E-state index contributed by atoms with van der Waals surface area (Å²) in [4.78, 5) is 0. The molecule has 0 saturated heterocycles. The Morgan fingerprint density at radius 3 is 3.07 bits per heavy atom. The van der Waals surface area contributed by atoms with Crippen LogP contribution in [-0.4, -0.2) is 17.5 Å². The second-order valence-electron chi connectivity index (χ2n) is 3.44. The number of hydrogen-bond donors (Lipinski definition) is 1. The van der Waals surface area contributed by atoms with Crippen molar-refractivity contribution in [3.05, 3.63) is 35.4 Å². The summed E-state index contributed by atoms with van der Waals surface area (Å²) in [5.74, 6) is 0. The van der Waals surface area contributed by atoms with Crippen molar-refractivity contribution in [2.45, 2.75) is 19.4 Å². The van der Waals surface area contributed by atoms with Crippen molar-refractivity contribution < 1.29 is 9.94 Å². The Bertz CT molecular complexity index is 360. The number of ether oxygens (including phenoxy) is 1. The van der Waals surface area contributed by atoms with Crippen molar-refractivity contribution in [2.75, 3.05) is 6.61 Å². The van der Waals surface area contributed by atoms with Gasteiger partial charge in [0, 0.05) is 0 Å². The minimum absolute atomic E-state index is 0.176. The number of benzene rings is 1. The van der Waals surface area contributed by atoms with Gasteiger partial charge in [-0.15, -0.1) is 0 Å². The predicted octanol–water partition coefficient (Wildman–Crippen LogP) is 2.15. The fourth-order valence-corrected chi connectivity index (χ4v) is 1.79. The van der Waals surface area contributed by atoms with E-state index in [-0.39, 0.29) is 6.10 Å². The highest BCUT2D eigenvalue weighted by molar-refractivity contribution is 5.87. The van der Waals surface area contributed by atoms with Crippen LogP contribution in [0, 0.1) is 0 Å². The second kappa shape index (κ2) is 3.80. The summed E-state index contributed by atoms with van der Waals surface area (Å²) >= 11 is 0. The molecule has 0 radical (unpaired) electrons. The lowest BCUT2D eigenvalue weighted by Gasteiger charge is -2.25. The molecular weight excluding hydrogens is 178 g/mol. The number of oxime groups is 1. The first-order valence-corrected chi connectivity index (χ1v) is 4.71. The third-order valence-electron chi connectivity index (χ3n) is 2.53. The third kappa shape index (κ3) is 1.51. The van der Waals surface area contributed by atoms with E-state index in [4.69, 9.17) is 9.94 Å². The van der Waals surface area contributed by atoms with E-state index >= 15 is 0 Å². The quantitative estimate of drug-likeness (QED) is 0.420. The average Bonchev–Trinajstić information content (AvgIpc) is 2.27. The van der Waals surface area contributed by atoms with Gasteiger partial charge in [-0.25, -0.2) is 0 Å². The van der Waals surface area contributed by atoms with Crippen LogP contribution in [0.15, 0.2) is 29.4 Å². The molecule has 1 heterocycles. The molecule has 0 bridgehead atoms. The normalized spacial score (nSPS) is 21.8. The Hall–Kier alpha value is -1.35. The van der Waals surface area contributed by atoms with Crippen LogP contribution < -0.4 is 0 Å². The Morgan fingerprint density at radius 1 is 1.50 bits per heavy atom. The molecule has 74 valence electrons. The molecule has 1 aliphatic rings. The van der Waals surface area contributed by atoms with Crippen LogP contribution in [0.3, 0.4) is 0 Å². The van der Waals surface area contributed by atoms with Crippen LogP contribution >= 0.6 is 0 Å². The van der Waals surface area contributed by atoms with Crippen LogP contribution in [0.2, 0.25) is 0 Å². The smallest absolute Gasteiger partial charge is 0.124 e. The van der Waals surface area contributed by atoms with Gasteiger partial charge in [-0.1, -0.05) is 29.4 Å². The molecule has 0 aliphatic carbocycles. The maximum atomic E-state index is 8.72. The first-order valence-electron chi connectivity index (χ1n) is 4.71. The van der Waals surface area contributed by atoms with Gasteiger partial charge >= 0.3 is 0 Å². The molecule has 0 aromatic heterocycles. The van der Waals surface area contributed by atoms with Gasteiger partial charge in [-0.2, -0.15) is 0 Å². The fourth-order valence-electron chi connectivity index (χ4n) is 1.79. The number of nitrogens with zero attached hydrogens (tertiary/aromatic N) is 1. The average molecular weight is 191 g/mol. The zero-order valence-electron chi connectivity index (χ0n) is 8.10. The number of hydrogen-bond acceptors (Lipinski definition) is 3. The van der Waals surface area contributed by atoms with Crippen molar-refractivity contribution in [3.8, 4) is 0 Å². The summed E-state index contributed by atoms with van der Waals surface area (Å²) in [5.41, 5.74) is 3.01. The largest absolute Gasteiger partial charge is 0.411 e. The topological polar surface area (TPSA) is 41.8 Å². The van der Waals surface area contributed by atoms with E-state index < -0.39 is 0 Å². The van der Waals surface area contributed by atoms with Crippen molar-refractivity contribution in [1.29, 1.82) is 0 Å². The zero-order chi connectivity index (χ0) is 9.97. The summed E-state index contributed by atoms with van der Waals surface area (Å²) < 4.78 is 5.57. The van der Waals surface area contributed by atoms with Gasteiger partial charge in [0.05, 0.1) is 12.3 Å². The van der Waals surface area contributed by atoms with Crippen LogP contribution in [0.25, 0.3) is 0 Å². The van der Waals surface area contributed by atoms with Crippen molar-refractivity contribution >= 4 is 5.71 Å². The standard InChI is InChI=1S/C11H13NO2/c1-8(12-13)11-10-5-3-2-4-9(10)6-7-14-11/h2-5,11,13H,6-7H2,1H3/b12-8+/t11-/m1/s1. The van der Waals surface area contributed by atoms with Crippen LogP contribution in [-0.2, 0) is 11.2 Å². The lowest BCUT2D eigenvalue weighted by atomic mass is 9.95. The highest BCUT2D eigenvalue weighted by atomic mass is 16.5. The predicted molar refractivity (Wildman–Crippen MR) is 53.7 cm³/mol. The van der Waals surface area contributed by atoms with Gasteiger partial charge in [-0.05, 0) is 24.5 Å². The molecule has 0 fully saturated rings. The summed E-state index contributed by atoms with van der Waals surface area (Å²) in [7, 11) is 0. The molecule has 0 unspecified atom stereocenters. The molecular formula is C11H13NO2. The Labute approximate surface area is 83.0 Å². The van der Waals surface area contributed by atoms with Crippen molar-refractivity contribution in [2.24, 2.45) is 5.16 Å². The summed E-state index contributed by atoms with van der Waals surface area (Å²) in [5, 5.41) is 11.9. The third-order valence-corrected chi connectivity index (χ3v) is 2.53. The maximum absolute atomic E-state index is 8.72. The van der Waals surface area contributed by atoms with E-state index in [0.717, 1.165) is 12.0 Å². The summed E-state index contributed by atoms with van der Waals surface area (Å²) in [6.45, 7) is 2.46. The first kappa shape index (κ1) is 9.21. The maximum Gasteiger partial charge on any atom is 0.124 e. The first-order chi connectivity index (χ1) is 6.83. The van der Waals surface area contributed by atoms with Crippen LogP contribution in [0.4, 0.5) is 0 Å². The van der Waals surface area contributed by atoms with Gasteiger partial charge in [0.15, 0.2) is 0 Å². The van der Waals surface area contributed by atoms with Gasteiger partial charge in [0.25, 0.3) is 0 Å². The molecule has 14 heavy (non-hydrogen) atoms. The summed E-state index contributed by atoms with van der Waals surface area (Å²) in [6.07, 6.45) is 0.760. The monoisotopic (exact) mass is 191 g/mol. The van der Waals surface area contributed by atoms with Gasteiger partial charge in [0.1, 0.15) is 6.10 Å². The van der Waals surface area contributed by atoms with Crippen molar-refractivity contribution in [3.63, 3.8) is 0 Å². The van der Waals surface area contributed by atoms with Gasteiger partial charge < -0.3 is 9.94 Å². The highest BCUT2D eigenvalue weighted by Crippen LogP contribution is 2.27.